The monoisotopic (exact) mass is 325 g/mol. The lowest BCUT2D eigenvalue weighted by Crippen LogP contribution is -2.34. The second kappa shape index (κ2) is 5.01. The Morgan fingerprint density at radius 2 is 2.24 bits per heavy atom. The van der Waals surface area contributed by atoms with Crippen LogP contribution in [0.3, 0.4) is 0 Å². The molecule has 0 saturated heterocycles. The van der Waals surface area contributed by atoms with Crippen molar-refractivity contribution >= 4 is 38.1 Å². The highest BCUT2D eigenvalue weighted by atomic mass is 32.2. The zero-order valence-corrected chi connectivity index (χ0v) is 12.5. The summed E-state index contributed by atoms with van der Waals surface area (Å²) >= 11 is 1.18. The third kappa shape index (κ3) is 2.69. The first-order valence-electron chi connectivity index (χ1n) is 5.99. The number of carbonyl (C=O) groups is 1. The van der Waals surface area contributed by atoms with Crippen LogP contribution in [0.15, 0.2) is 34.7 Å². The van der Waals surface area contributed by atoms with Crippen LogP contribution in [0, 0.1) is 0 Å². The molecule has 110 valence electrons. The van der Waals surface area contributed by atoms with Gasteiger partial charge in [-0.15, -0.1) is 11.3 Å². The van der Waals surface area contributed by atoms with Crippen molar-refractivity contribution in [3.63, 3.8) is 0 Å². The van der Waals surface area contributed by atoms with Crippen molar-refractivity contribution in [2.45, 2.75) is 17.9 Å². The predicted molar refractivity (Wildman–Crippen MR) is 78.1 cm³/mol. The van der Waals surface area contributed by atoms with Crippen LogP contribution in [0.5, 0.6) is 5.75 Å². The smallest absolute Gasteiger partial charge is 0.265 e. The van der Waals surface area contributed by atoms with E-state index in [1.165, 1.54) is 35.7 Å². The predicted octanol–water partition coefficient (Wildman–Crippen LogP) is 1.66. The second-order valence-electron chi connectivity index (χ2n) is 4.35. The SMILES string of the molecule is C[C@@H]1Oc2cc(S(=O)(=O)Nc3nccs3)ccc2NC1=O. The van der Waals surface area contributed by atoms with Gasteiger partial charge in [0.1, 0.15) is 5.75 Å². The summed E-state index contributed by atoms with van der Waals surface area (Å²) in [5, 5.41) is 4.60. The molecule has 0 unspecified atom stereocenters. The third-order valence-electron chi connectivity index (χ3n) is 2.85. The van der Waals surface area contributed by atoms with Gasteiger partial charge in [-0.2, -0.15) is 0 Å². The lowest BCUT2D eigenvalue weighted by molar-refractivity contribution is -0.122. The molecule has 1 aromatic heterocycles. The van der Waals surface area contributed by atoms with Gasteiger partial charge < -0.3 is 10.1 Å². The standard InChI is InChI=1S/C12H11N3O4S2/c1-7-11(16)14-9-3-2-8(6-10(9)19-7)21(17,18)15-12-13-4-5-20-12/h2-7H,1H3,(H,13,15)(H,14,16)/t7-/m0/s1. The number of sulfonamides is 1. The minimum absolute atomic E-state index is 0.0415. The van der Waals surface area contributed by atoms with Crippen LogP contribution >= 0.6 is 11.3 Å². The van der Waals surface area contributed by atoms with Crippen molar-refractivity contribution in [3.8, 4) is 5.75 Å². The Hall–Kier alpha value is -2.13. The molecule has 1 aliphatic heterocycles. The maximum absolute atomic E-state index is 12.2. The van der Waals surface area contributed by atoms with Crippen LogP contribution in [0.25, 0.3) is 0 Å². The number of thiazole rings is 1. The van der Waals surface area contributed by atoms with Crippen LogP contribution < -0.4 is 14.8 Å². The normalized spacial score (nSPS) is 17.6. The van der Waals surface area contributed by atoms with Crippen molar-refractivity contribution in [2.24, 2.45) is 0 Å². The summed E-state index contributed by atoms with van der Waals surface area (Å²) in [4.78, 5) is 15.4. The lowest BCUT2D eigenvalue weighted by Gasteiger charge is -2.23. The van der Waals surface area contributed by atoms with E-state index in [4.69, 9.17) is 4.74 Å². The molecule has 0 radical (unpaired) electrons. The van der Waals surface area contributed by atoms with Crippen molar-refractivity contribution in [3.05, 3.63) is 29.8 Å². The molecule has 1 amide bonds. The maximum atomic E-state index is 12.2. The molecule has 21 heavy (non-hydrogen) atoms. The first kappa shape index (κ1) is 13.8. The topological polar surface area (TPSA) is 97.4 Å². The van der Waals surface area contributed by atoms with Crippen molar-refractivity contribution < 1.29 is 17.9 Å². The molecule has 9 heteroatoms. The zero-order valence-electron chi connectivity index (χ0n) is 10.9. The van der Waals surface area contributed by atoms with E-state index < -0.39 is 16.1 Å². The third-order valence-corrected chi connectivity index (χ3v) is 5.00. The Balaban J connectivity index is 1.93. The highest BCUT2D eigenvalue weighted by Gasteiger charge is 2.25. The molecule has 2 heterocycles. The van der Waals surface area contributed by atoms with Gasteiger partial charge in [-0.1, -0.05) is 0 Å². The van der Waals surface area contributed by atoms with E-state index in [1.807, 2.05) is 0 Å². The number of amides is 1. The number of hydrogen-bond acceptors (Lipinski definition) is 6. The maximum Gasteiger partial charge on any atom is 0.265 e. The van der Waals surface area contributed by atoms with Gasteiger partial charge in [0.15, 0.2) is 11.2 Å². The number of carbonyl (C=O) groups excluding carboxylic acids is 1. The summed E-state index contributed by atoms with van der Waals surface area (Å²) < 4.78 is 32.3. The molecule has 0 bridgehead atoms. The van der Waals surface area contributed by atoms with Crippen LogP contribution in [-0.2, 0) is 14.8 Å². The van der Waals surface area contributed by atoms with Crippen molar-refractivity contribution in [1.29, 1.82) is 0 Å². The quantitative estimate of drug-likeness (QED) is 0.894. The minimum atomic E-state index is -3.74. The summed E-state index contributed by atoms with van der Waals surface area (Å²) in [6.45, 7) is 1.59. The summed E-state index contributed by atoms with van der Waals surface area (Å²) in [5.74, 6) is 0.0585. The van der Waals surface area contributed by atoms with Crippen LogP contribution in [0.1, 0.15) is 6.92 Å². The number of anilines is 2. The molecule has 0 spiro atoms. The molecule has 3 rings (SSSR count). The number of hydrogen-bond donors (Lipinski definition) is 2. The van der Waals surface area contributed by atoms with E-state index in [2.05, 4.69) is 15.0 Å². The molecule has 2 N–H and O–H groups in total. The number of rotatable bonds is 3. The van der Waals surface area contributed by atoms with Gasteiger partial charge in [0, 0.05) is 17.6 Å². The fourth-order valence-electron chi connectivity index (χ4n) is 1.80. The van der Waals surface area contributed by atoms with Crippen LogP contribution in [-0.4, -0.2) is 25.4 Å². The Morgan fingerprint density at radius 3 is 2.95 bits per heavy atom. The van der Waals surface area contributed by atoms with E-state index in [9.17, 15) is 13.2 Å². The lowest BCUT2D eigenvalue weighted by atomic mass is 10.2. The van der Waals surface area contributed by atoms with E-state index in [0.717, 1.165) is 0 Å². The average molecular weight is 325 g/mol. The molecule has 1 aliphatic rings. The van der Waals surface area contributed by atoms with Crippen molar-refractivity contribution in [1.82, 2.24) is 4.98 Å². The number of ether oxygens (including phenoxy) is 1. The van der Waals surface area contributed by atoms with E-state index >= 15 is 0 Å². The molecule has 0 fully saturated rings. The average Bonchev–Trinajstić information content (AvgIpc) is 2.91. The Labute approximate surface area is 125 Å². The Kier molecular flexibility index (Phi) is 3.30. The zero-order chi connectivity index (χ0) is 15.0. The Morgan fingerprint density at radius 1 is 1.43 bits per heavy atom. The van der Waals surface area contributed by atoms with Crippen LogP contribution in [0.2, 0.25) is 0 Å². The molecule has 0 saturated carbocycles. The van der Waals surface area contributed by atoms with Gasteiger partial charge in [-0.05, 0) is 19.1 Å². The van der Waals surface area contributed by atoms with Gasteiger partial charge in [0.2, 0.25) is 0 Å². The van der Waals surface area contributed by atoms with E-state index in [0.29, 0.717) is 11.4 Å². The van der Waals surface area contributed by atoms with Gasteiger partial charge in [-0.25, -0.2) is 13.4 Å². The highest BCUT2D eigenvalue weighted by Crippen LogP contribution is 2.32. The molecule has 1 aromatic carbocycles. The van der Waals surface area contributed by atoms with Gasteiger partial charge >= 0.3 is 0 Å². The highest BCUT2D eigenvalue weighted by molar-refractivity contribution is 7.93. The van der Waals surface area contributed by atoms with Crippen LogP contribution in [0.4, 0.5) is 10.8 Å². The number of nitrogens with zero attached hydrogens (tertiary/aromatic N) is 1. The number of nitrogens with one attached hydrogen (secondary N) is 2. The summed E-state index contributed by atoms with van der Waals surface area (Å²) in [5.41, 5.74) is 0.450. The Bertz CT molecular complexity index is 787. The molecular weight excluding hydrogens is 314 g/mol. The summed E-state index contributed by atoms with van der Waals surface area (Å²) in [6, 6.07) is 4.27. The van der Waals surface area contributed by atoms with Gasteiger partial charge in [0.25, 0.3) is 15.9 Å². The van der Waals surface area contributed by atoms with E-state index in [-0.39, 0.29) is 15.9 Å². The molecular formula is C12H11N3O4S2. The number of aromatic nitrogens is 1. The number of benzene rings is 1. The van der Waals surface area contributed by atoms with Crippen molar-refractivity contribution in [2.75, 3.05) is 10.0 Å². The molecule has 2 aromatic rings. The van der Waals surface area contributed by atoms with E-state index in [1.54, 1.807) is 12.3 Å². The largest absolute Gasteiger partial charge is 0.479 e. The summed E-state index contributed by atoms with van der Waals surface area (Å²) in [6.07, 6.45) is 0.845. The number of fused-ring (bicyclic) bond motifs is 1. The minimum Gasteiger partial charge on any atom is -0.479 e. The summed E-state index contributed by atoms with van der Waals surface area (Å²) in [7, 11) is -3.74. The molecule has 7 nitrogen and oxygen atoms in total. The van der Waals surface area contributed by atoms with Gasteiger partial charge in [0.05, 0.1) is 10.6 Å². The first-order chi connectivity index (χ1) is 9.95. The second-order valence-corrected chi connectivity index (χ2v) is 6.93. The fraction of sp³-hybridized carbons (Fsp3) is 0.167. The molecule has 1 atom stereocenters. The first-order valence-corrected chi connectivity index (χ1v) is 8.36. The fourth-order valence-corrected chi connectivity index (χ4v) is 3.60. The molecule has 0 aliphatic carbocycles. The van der Waals surface area contributed by atoms with Gasteiger partial charge in [-0.3, -0.25) is 9.52 Å².